The molecule has 0 aliphatic carbocycles. The van der Waals surface area contributed by atoms with Crippen LogP contribution in [0.2, 0.25) is 0 Å². The van der Waals surface area contributed by atoms with Crippen molar-refractivity contribution in [2.75, 3.05) is 20.3 Å². The summed E-state index contributed by atoms with van der Waals surface area (Å²) in [5.74, 6) is -0.381. The lowest BCUT2D eigenvalue weighted by atomic mass is 10.2. The van der Waals surface area contributed by atoms with E-state index in [4.69, 9.17) is 10.1 Å². The number of methoxy groups -OCH3 is 1. The van der Waals surface area contributed by atoms with Gasteiger partial charge in [0.2, 0.25) is 0 Å². The molecule has 0 fully saturated rings. The number of aryl methyl sites for hydroxylation is 2. The SMILES string of the molecule is CCn1c(=N)c(C(=O)NCCCOC)cc2c(=O)n3cc(C)ccc3nc21. The fraction of sp³-hybridized carbons (Fsp3) is 0.368. The normalized spacial score (nSPS) is 11.2. The molecule has 0 atom stereocenters. The Morgan fingerprint density at radius 3 is 2.85 bits per heavy atom. The number of carbonyl (C=O) groups excluding carboxylic acids is 1. The quantitative estimate of drug-likeness (QED) is 0.504. The lowest BCUT2D eigenvalue weighted by Crippen LogP contribution is -2.35. The highest BCUT2D eigenvalue weighted by atomic mass is 16.5. The van der Waals surface area contributed by atoms with E-state index in [1.54, 1.807) is 23.9 Å². The predicted octanol–water partition coefficient (Wildman–Crippen LogP) is 1.22. The van der Waals surface area contributed by atoms with E-state index in [1.807, 2.05) is 19.9 Å². The largest absolute Gasteiger partial charge is 0.385 e. The molecule has 1 amide bonds. The van der Waals surface area contributed by atoms with E-state index in [-0.39, 0.29) is 22.5 Å². The maximum Gasteiger partial charge on any atom is 0.267 e. The third-order valence-corrected chi connectivity index (χ3v) is 4.43. The first-order valence-corrected chi connectivity index (χ1v) is 8.86. The minimum absolute atomic E-state index is 0.0394. The summed E-state index contributed by atoms with van der Waals surface area (Å²) < 4.78 is 8.03. The first-order chi connectivity index (χ1) is 13.0. The highest BCUT2D eigenvalue weighted by Gasteiger charge is 2.16. The van der Waals surface area contributed by atoms with Crippen molar-refractivity contribution in [3.8, 4) is 0 Å². The van der Waals surface area contributed by atoms with Crippen LogP contribution in [0.1, 0.15) is 29.3 Å². The van der Waals surface area contributed by atoms with Gasteiger partial charge in [0, 0.05) is 33.0 Å². The standard InChI is InChI=1S/C19H23N5O3/c1-4-23-16(20)13(18(25)21-8-5-9-27-3)10-14-17(23)22-15-7-6-12(2)11-24(15)19(14)26/h6-7,10-11,20H,4-5,8-9H2,1-3H3,(H,21,25). The molecule has 8 nitrogen and oxygen atoms in total. The summed E-state index contributed by atoms with van der Waals surface area (Å²) in [6.45, 7) is 5.15. The smallest absolute Gasteiger partial charge is 0.267 e. The molecule has 3 rings (SSSR count). The van der Waals surface area contributed by atoms with E-state index in [1.165, 1.54) is 10.5 Å². The molecule has 0 radical (unpaired) electrons. The second-order valence-electron chi connectivity index (χ2n) is 6.34. The Bertz CT molecular complexity index is 1130. The van der Waals surface area contributed by atoms with Gasteiger partial charge in [0.1, 0.15) is 16.8 Å². The number of aromatic nitrogens is 3. The second kappa shape index (κ2) is 7.71. The van der Waals surface area contributed by atoms with Crippen molar-refractivity contribution in [1.82, 2.24) is 19.3 Å². The van der Waals surface area contributed by atoms with Gasteiger partial charge in [-0.15, -0.1) is 0 Å². The molecule has 142 valence electrons. The molecule has 3 aromatic rings. The number of nitrogens with zero attached hydrogens (tertiary/aromatic N) is 3. The van der Waals surface area contributed by atoms with Crippen LogP contribution in [0.15, 0.2) is 29.2 Å². The number of rotatable bonds is 6. The van der Waals surface area contributed by atoms with E-state index < -0.39 is 0 Å². The van der Waals surface area contributed by atoms with Crippen LogP contribution in [0.3, 0.4) is 0 Å². The molecule has 2 N–H and O–H groups in total. The van der Waals surface area contributed by atoms with E-state index in [0.29, 0.717) is 42.8 Å². The number of hydrogen-bond acceptors (Lipinski definition) is 5. The molecule has 0 aromatic carbocycles. The van der Waals surface area contributed by atoms with Crippen molar-refractivity contribution in [3.05, 3.63) is 51.4 Å². The number of hydrogen-bond donors (Lipinski definition) is 2. The molecule has 0 aliphatic rings. The van der Waals surface area contributed by atoms with Gasteiger partial charge in [-0.1, -0.05) is 6.07 Å². The number of carbonyl (C=O) groups is 1. The van der Waals surface area contributed by atoms with Crippen LogP contribution in [-0.2, 0) is 11.3 Å². The molecule has 0 aliphatic heterocycles. The van der Waals surface area contributed by atoms with Crippen molar-refractivity contribution in [1.29, 1.82) is 5.41 Å². The van der Waals surface area contributed by atoms with Gasteiger partial charge in [0.15, 0.2) is 0 Å². The minimum atomic E-state index is -0.381. The summed E-state index contributed by atoms with van der Waals surface area (Å²) in [5.41, 5.74) is 1.80. The number of amides is 1. The molecular weight excluding hydrogens is 346 g/mol. The average molecular weight is 369 g/mol. The first-order valence-electron chi connectivity index (χ1n) is 8.86. The van der Waals surface area contributed by atoms with Gasteiger partial charge in [-0.2, -0.15) is 0 Å². The summed E-state index contributed by atoms with van der Waals surface area (Å²) >= 11 is 0. The Labute approximate surface area is 155 Å². The van der Waals surface area contributed by atoms with Crippen molar-refractivity contribution < 1.29 is 9.53 Å². The van der Waals surface area contributed by atoms with Crippen LogP contribution < -0.4 is 16.4 Å². The maximum atomic E-state index is 13.0. The topological polar surface area (TPSA) is 101 Å². The Balaban J connectivity index is 2.19. The molecule has 8 heteroatoms. The Hall–Kier alpha value is -3.00. The van der Waals surface area contributed by atoms with Crippen LogP contribution in [0.4, 0.5) is 0 Å². The summed E-state index contributed by atoms with van der Waals surface area (Å²) in [5, 5.41) is 11.5. The van der Waals surface area contributed by atoms with Crippen molar-refractivity contribution in [2.24, 2.45) is 0 Å². The van der Waals surface area contributed by atoms with Crippen LogP contribution in [0, 0.1) is 12.3 Å². The van der Waals surface area contributed by atoms with Gasteiger partial charge in [-0.05, 0) is 38.0 Å². The van der Waals surface area contributed by atoms with Crippen LogP contribution in [0.25, 0.3) is 16.7 Å². The molecule has 27 heavy (non-hydrogen) atoms. The van der Waals surface area contributed by atoms with Crippen molar-refractivity contribution in [3.63, 3.8) is 0 Å². The summed E-state index contributed by atoms with van der Waals surface area (Å²) in [4.78, 5) is 30.1. The zero-order chi connectivity index (χ0) is 19.6. The molecule has 0 saturated carbocycles. The monoisotopic (exact) mass is 369 g/mol. The van der Waals surface area contributed by atoms with Gasteiger partial charge >= 0.3 is 0 Å². The zero-order valence-electron chi connectivity index (χ0n) is 15.7. The van der Waals surface area contributed by atoms with E-state index in [0.717, 1.165) is 5.56 Å². The summed E-state index contributed by atoms with van der Waals surface area (Å²) in [6, 6.07) is 5.13. The van der Waals surface area contributed by atoms with Gasteiger partial charge in [0.05, 0.1) is 10.9 Å². The highest BCUT2D eigenvalue weighted by molar-refractivity contribution is 5.96. The van der Waals surface area contributed by atoms with Gasteiger partial charge < -0.3 is 14.6 Å². The number of ether oxygens (including phenoxy) is 1. The second-order valence-corrected chi connectivity index (χ2v) is 6.34. The highest BCUT2D eigenvalue weighted by Crippen LogP contribution is 2.11. The third kappa shape index (κ3) is 3.48. The van der Waals surface area contributed by atoms with E-state index >= 15 is 0 Å². The fourth-order valence-corrected chi connectivity index (χ4v) is 3.04. The maximum absolute atomic E-state index is 13.0. The third-order valence-electron chi connectivity index (χ3n) is 4.43. The van der Waals surface area contributed by atoms with Gasteiger partial charge in [0.25, 0.3) is 11.5 Å². The minimum Gasteiger partial charge on any atom is -0.385 e. The summed E-state index contributed by atoms with van der Waals surface area (Å²) in [6.07, 6.45) is 2.39. The molecule has 0 unspecified atom stereocenters. The van der Waals surface area contributed by atoms with Gasteiger partial charge in [-0.25, -0.2) is 4.98 Å². The predicted molar refractivity (Wildman–Crippen MR) is 102 cm³/mol. The van der Waals surface area contributed by atoms with Gasteiger partial charge in [-0.3, -0.25) is 19.4 Å². The number of pyridine rings is 2. The summed E-state index contributed by atoms with van der Waals surface area (Å²) in [7, 11) is 1.60. The lowest BCUT2D eigenvalue weighted by Gasteiger charge is -2.13. The Kier molecular flexibility index (Phi) is 5.36. The van der Waals surface area contributed by atoms with Crippen LogP contribution >= 0.6 is 0 Å². The number of nitrogens with one attached hydrogen (secondary N) is 2. The lowest BCUT2D eigenvalue weighted by molar-refractivity contribution is 0.0946. The Morgan fingerprint density at radius 2 is 2.15 bits per heavy atom. The average Bonchev–Trinajstić information content (AvgIpc) is 2.65. The zero-order valence-corrected chi connectivity index (χ0v) is 15.7. The molecule has 0 saturated heterocycles. The first kappa shape index (κ1) is 18.8. The van der Waals surface area contributed by atoms with Crippen LogP contribution in [0.5, 0.6) is 0 Å². The van der Waals surface area contributed by atoms with E-state index in [2.05, 4.69) is 10.3 Å². The number of fused-ring (bicyclic) bond motifs is 2. The van der Waals surface area contributed by atoms with Crippen LogP contribution in [-0.4, -0.2) is 40.1 Å². The molecule has 0 spiro atoms. The molecule has 3 aromatic heterocycles. The molecular formula is C19H23N5O3. The fourth-order valence-electron chi connectivity index (χ4n) is 3.04. The van der Waals surface area contributed by atoms with Crippen molar-refractivity contribution in [2.45, 2.75) is 26.8 Å². The molecule has 3 heterocycles. The molecule has 0 bridgehead atoms. The van der Waals surface area contributed by atoms with E-state index in [9.17, 15) is 9.59 Å². The van der Waals surface area contributed by atoms with Crippen molar-refractivity contribution >= 4 is 22.6 Å². The Morgan fingerprint density at radius 1 is 1.37 bits per heavy atom.